The van der Waals surface area contributed by atoms with Crippen LogP contribution < -0.4 is 15.2 Å². The molecule has 0 amide bonds. The number of hydrogen-bond donors (Lipinski definition) is 2. The summed E-state index contributed by atoms with van der Waals surface area (Å²) in [5.41, 5.74) is 6.38. The average Bonchev–Trinajstić information content (AvgIpc) is 3.00. The van der Waals surface area contributed by atoms with Gasteiger partial charge in [0, 0.05) is 12.6 Å². The molecule has 2 rings (SSSR count). The Morgan fingerprint density at radius 1 is 1.59 bits per heavy atom. The van der Waals surface area contributed by atoms with Gasteiger partial charge in [-0.25, -0.2) is 8.42 Å². The SMILES string of the molecule is CS(=O)(=O)Nc1cc(OC2CC2)cnc1CN. The van der Waals surface area contributed by atoms with Crippen molar-refractivity contribution in [2.24, 2.45) is 5.73 Å². The van der Waals surface area contributed by atoms with Crippen LogP contribution in [0.25, 0.3) is 0 Å². The molecule has 0 radical (unpaired) electrons. The van der Waals surface area contributed by atoms with Crippen LogP contribution in [0, 0.1) is 0 Å². The van der Waals surface area contributed by atoms with Crippen molar-refractivity contribution in [3.63, 3.8) is 0 Å². The van der Waals surface area contributed by atoms with Crippen LogP contribution in [0.5, 0.6) is 5.75 Å². The third kappa shape index (κ3) is 3.57. The summed E-state index contributed by atoms with van der Waals surface area (Å²) < 4.78 is 30.3. The summed E-state index contributed by atoms with van der Waals surface area (Å²) in [5.74, 6) is 0.566. The summed E-state index contributed by atoms with van der Waals surface area (Å²) in [4.78, 5) is 4.09. The minimum atomic E-state index is -3.34. The maximum absolute atomic E-state index is 11.2. The largest absolute Gasteiger partial charge is 0.489 e. The Morgan fingerprint density at radius 3 is 2.82 bits per heavy atom. The van der Waals surface area contributed by atoms with Gasteiger partial charge >= 0.3 is 0 Å². The van der Waals surface area contributed by atoms with Crippen molar-refractivity contribution in [2.45, 2.75) is 25.5 Å². The van der Waals surface area contributed by atoms with Gasteiger partial charge in [-0.05, 0) is 12.8 Å². The molecule has 0 aliphatic heterocycles. The number of pyridine rings is 1. The van der Waals surface area contributed by atoms with E-state index in [2.05, 4.69) is 9.71 Å². The summed E-state index contributed by atoms with van der Waals surface area (Å²) in [7, 11) is -3.34. The van der Waals surface area contributed by atoms with Gasteiger partial charge < -0.3 is 10.5 Å². The van der Waals surface area contributed by atoms with Gasteiger partial charge in [0.25, 0.3) is 0 Å². The standard InChI is InChI=1S/C10H15N3O3S/c1-17(14,15)13-9-4-8(16-7-2-3-7)6-12-10(9)5-11/h4,6-7,13H,2-3,5,11H2,1H3. The number of hydrogen-bond acceptors (Lipinski definition) is 5. The lowest BCUT2D eigenvalue weighted by Crippen LogP contribution is -2.14. The summed E-state index contributed by atoms with van der Waals surface area (Å²) in [5, 5.41) is 0. The Bertz CT molecular complexity index is 512. The van der Waals surface area contributed by atoms with Gasteiger partial charge in [0.05, 0.1) is 29.9 Å². The fraction of sp³-hybridized carbons (Fsp3) is 0.500. The number of rotatable bonds is 5. The Balaban J connectivity index is 2.24. The molecular weight excluding hydrogens is 242 g/mol. The van der Waals surface area contributed by atoms with Crippen molar-refractivity contribution >= 4 is 15.7 Å². The summed E-state index contributed by atoms with van der Waals surface area (Å²) in [6.07, 6.45) is 4.96. The minimum absolute atomic E-state index is 0.168. The predicted octanol–water partition coefficient (Wildman–Crippen LogP) is 0.453. The van der Waals surface area contributed by atoms with Crippen LogP contribution >= 0.6 is 0 Å². The molecule has 17 heavy (non-hydrogen) atoms. The van der Waals surface area contributed by atoms with E-state index < -0.39 is 10.0 Å². The summed E-state index contributed by atoms with van der Waals surface area (Å²) in [6, 6.07) is 1.62. The van der Waals surface area contributed by atoms with Crippen molar-refractivity contribution in [3.05, 3.63) is 18.0 Å². The third-order valence-corrected chi connectivity index (χ3v) is 2.85. The molecule has 0 saturated heterocycles. The zero-order valence-corrected chi connectivity index (χ0v) is 10.3. The van der Waals surface area contributed by atoms with Crippen molar-refractivity contribution in [3.8, 4) is 5.75 Å². The van der Waals surface area contributed by atoms with Crippen molar-refractivity contribution in [2.75, 3.05) is 11.0 Å². The molecule has 1 aromatic rings. The van der Waals surface area contributed by atoms with Crippen LogP contribution in [-0.4, -0.2) is 25.8 Å². The molecule has 94 valence electrons. The zero-order chi connectivity index (χ0) is 12.5. The Kier molecular flexibility index (Phi) is 3.21. The lowest BCUT2D eigenvalue weighted by Gasteiger charge is -2.11. The second-order valence-electron chi connectivity index (χ2n) is 4.06. The van der Waals surface area contributed by atoms with Gasteiger partial charge in [-0.15, -0.1) is 0 Å². The van der Waals surface area contributed by atoms with E-state index in [9.17, 15) is 8.42 Å². The normalized spacial score (nSPS) is 15.6. The molecule has 0 bridgehead atoms. The van der Waals surface area contributed by atoms with Crippen LogP contribution in [0.3, 0.4) is 0 Å². The number of aromatic nitrogens is 1. The highest BCUT2D eigenvalue weighted by molar-refractivity contribution is 7.92. The Hall–Kier alpha value is -1.34. The Labute approximate surface area is 100 Å². The fourth-order valence-corrected chi connectivity index (χ4v) is 1.94. The van der Waals surface area contributed by atoms with Gasteiger partial charge in [0.2, 0.25) is 10.0 Å². The van der Waals surface area contributed by atoms with Crippen molar-refractivity contribution in [1.29, 1.82) is 0 Å². The van der Waals surface area contributed by atoms with E-state index in [4.69, 9.17) is 10.5 Å². The van der Waals surface area contributed by atoms with Crippen LogP contribution in [-0.2, 0) is 16.6 Å². The molecule has 1 aliphatic rings. The molecule has 6 nitrogen and oxygen atoms in total. The van der Waals surface area contributed by atoms with Crippen LogP contribution in [0.4, 0.5) is 5.69 Å². The van der Waals surface area contributed by atoms with E-state index in [1.807, 2.05) is 0 Å². The molecule has 7 heteroatoms. The maximum atomic E-state index is 11.2. The minimum Gasteiger partial charge on any atom is -0.489 e. The van der Waals surface area contributed by atoms with E-state index >= 15 is 0 Å². The molecule has 1 saturated carbocycles. The van der Waals surface area contributed by atoms with E-state index in [1.54, 1.807) is 12.3 Å². The van der Waals surface area contributed by atoms with Gasteiger partial charge in [0.1, 0.15) is 5.75 Å². The van der Waals surface area contributed by atoms with Gasteiger partial charge in [-0.2, -0.15) is 0 Å². The molecule has 0 unspecified atom stereocenters. The second-order valence-corrected chi connectivity index (χ2v) is 5.81. The summed E-state index contributed by atoms with van der Waals surface area (Å²) >= 11 is 0. The highest BCUT2D eigenvalue weighted by Crippen LogP contribution is 2.28. The lowest BCUT2D eigenvalue weighted by molar-refractivity contribution is 0.302. The van der Waals surface area contributed by atoms with Crippen LogP contribution in [0.15, 0.2) is 12.3 Å². The number of anilines is 1. The fourth-order valence-electron chi connectivity index (χ4n) is 1.37. The summed E-state index contributed by atoms with van der Waals surface area (Å²) in [6.45, 7) is 0.168. The van der Waals surface area contributed by atoms with Crippen molar-refractivity contribution in [1.82, 2.24) is 4.98 Å². The zero-order valence-electron chi connectivity index (χ0n) is 9.51. The first-order valence-corrected chi connectivity index (χ1v) is 7.20. The number of ether oxygens (including phenoxy) is 1. The lowest BCUT2D eigenvalue weighted by atomic mass is 10.3. The number of nitrogens with one attached hydrogen (secondary N) is 1. The molecule has 0 atom stereocenters. The van der Waals surface area contributed by atoms with Crippen molar-refractivity contribution < 1.29 is 13.2 Å². The van der Waals surface area contributed by atoms with E-state index in [1.165, 1.54) is 0 Å². The molecule has 1 fully saturated rings. The maximum Gasteiger partial charge on any atom is 0.229 e. The molecule has 0 aromatic carbocycles. The van der Waals surface area contributed by atoms with Crippen LogP contribution in [0.1, 0.15) is 18.5 Å². The first-order valence-electron chi connectivity index (χ1n) is 5.31. The number of nitrogens with two attached hydrogens (primary N) is 1. The first kappa shape index (κ1) is 12.1. The highest BCUT2D eigenvalue weighted by Gasteiger charge is 2.24. The third-order valence-electron chi connectivity index (χ3n) is 2.26. The smallest absolute Gasteiger partial charge is 0.229 e. The molecule has 3 N–H and O–H groups in total. The van der Waals surface area contributed by atoms with Gasteiger partial charge in [0.15, 0.2) is 0 Å². The number of nitrogens with zero attached hydrogens (tertiary/aromatic N) is 1. The monoisotopic (exact) mass is 257 g/mol. The van der Waals surface area contributed by atoms with Gasteiger partial charge in [-0.1, -0.05) is 0 Å². The molecule has 1 heterocycles. The average molecular weight is 257 g/mol. The van der Waals surface area contributed by atoms with E-state index in [-0.39, 0.29) is 12.6 Å². The quantitative estimate of drug-likeness (QED) is 0.798. The topological polar surface area (TPSA) is 94.3 Å². The van der Waals surface area contributed by atoms with E-state index in [0.29, 0.717) is 17.1 Å². The van der Waals surface area contributed by atoms with Gasteiger partial charge in [-0.3, -0.25) is 9.71 Å². The second kappa shape index (κ2) is 4.50. The molecule has 0 spiro atoms. The molecule has 1 aliphatic carbocycles. The first-order chi connectivity index (χ1) is 7.98. The highest BCUT2D eigenvalue weighted by atomic mass is 32.2. The van der Waals surface area contributed by atoms with E-state index in [0.717, 1.165) is 19.1 Å². The molecular formula is C10H15N3O3S. The predicted molar refractivity (Wildman–Crippen MR) is 64.2 cm³/mol. The van der Waals surface area contributed by atoms with Crippen LogP contribution in [0.2, 0.25) is 0 Å². The Morgan fingerprint density at radius 2 is 2.29 bits per heavy atom. The number of sulfonamides is 1. The molecule has 1 aromatic heterocycles.